The molecule has 0 aromatic carbocycles. The van der Waals surface area contributed by atoms with Crippen LogP contribution in [0.2, 0.25) is 0 Å². The lowest BCUT2D eigenvalue weighted by molar-refractivity contribution is 0.509. The van der Waals surface area contributed by atoms with Crippen LogP contribution in [-0.4, -0.2) is 9.55 Å². The quantitative estimate of drug-likeness (QED) is 0.608. The number of H-pyrrole nitrogens is 1. The van der Waals surface area contributed by atoms with E-state index in [9.17, 15) is 4.79 Å². The Morgan fingerprint density at radius 1 is 1.38 bits per heavy atom. The number of thiophene rings is 1. The molecule has 2 aromatic heterocycles. The molecule has 0 saturated heterocycles. The van der Waals surface area contributed by atoms with Crippen LogP contribution in [0, 0.1) is 10.7 Å². The highest BCUT2D eigenvalue weighted by molar-refractivity contribution is 7.71. The van der Waals surface area contributed by atoms with Crippen LogP contribution in [0.1, 0.15) is 55.9 Å². The summed E-state index contributed by atoms with van der Waals surface area (Å²) in [5.74, 6) is 0.717. The molecule has 1 unspecified atom stereocenters. The maximum absolute atomic E-state index is 13.1. The Morgan fingerprint density at radius 2 is 2.25 bits per heavy atom. The highest BCUT2D eigenvalue weighted by atomic mass is 32.1. The minimum Gasteiger partial charge on any atom is -0.323 e. The van der Waals surface area contributed by atoms with Gasteiger partial charge in [0, 0.05) is 11.4 Å². The Bertz CT molecular complexity index is 916. The minimum atomic E-state index is 0.122. The molecule has 0 amide bonds. The van der Waals surface area contributed by atoms with Crippen LogP contribution in [0.3, 0.4) is 0 Å². The first-order valence-corrected chi connectivity index (χ1v) is 10.3. The fourth-order valence-corrected chi connectivity index (χ4v) is 5.79. The van der Waals surface area contributed by atoms with Crippen molar-refractivity contribution < 1.29 is 0 Å². The molecule has 5 heteroatoms. The standard InChI is InChI=1S/C19H24N2OS2/c1-12-7-8-14-15(11-12)24-17-16(14)18(22)21(19(23)20-17)10-9-13-5-3-2-4-6-13/h5,12H,2-4,6-11H2,1H3,(H,20,23). The van der Waals surface area contributed by atoms with Crippen molar-refractivity contribution in [3.8, 4) is 0 Å². The number of hydrogen-bond donors (Lipinski definition) is 1. The van der Waals surface area contributed by atoms with Gasteiger partial charge in [0.1, 0.15) is 4.83 Å². The Morgan fingerprint density at radius 3 is 3.04 bits per heavy atom. The van der Waals surface area contributed by atoms with Gasteiger partial charge in [0.05, 0.1) is 5.39 Å². The maximum Gasteiger partial charge on any atom is 0.263 e. The van der Waals surface area contributed by atoms with E-state index in [-0.39, 0.29) is 5.56 Å². The lowest BCUT2D eigenvalue weighted by Crippen LogP contribution is -2.23. The molecule has 4 rings (SSSR count). The SMILES string of the molecule is CC1CCc2c(sc3[nH]c(=S)n(CCC4=CCCCC4)c(=O)c23)C1. The topological polar surface area (TPSA) is 37.8 Å². The van der Waals surface area contributed by atoms with Gasteiger partial charge in [-0.15, -0.1) is 11.3 Å². The molecule has 2 aliphatic rings. The van der Waals surface area contributed by atoms with Crippen LogP contribution in [0.15, 0.2) is 16.4 Å². The van der Waals surface area contributed by atoms with E-state index in [4.69, 9.17) is 12.2 Å². The first-order chi connectivity index (χ1) is 11.6. The fraction of sp³-hybridized carbons (Fsp3) is 0.579. The zero-order valence-electron chi connectivity index (χ0n) is 14.2. The van der Waals surface area contributed by atoms with Crippen molar-refractivity contribution in [3.63, 3.8) is 0 Å². The first kappa shape index (κ1) is 16.3. The number of aromatic amines is 1. The third-order valence-electron chi connectivity index (χ3n) is 5.48. The van der Waals surface area contributed by atoms with E-state index in [0.29, 0.717) is 17.2 Å². The van der Waals surface area contributed by atoms with Gasteiger partial charge in [0.2, 0.25) is 0 Å². The third-order valence-corrected chi connectivity index (χ3v) is 6.97. The van der Waals surface area contributed by atoms with E-state index in [0.717, 1.165) is 29.5 Å². The van der Waals surface area contributed by atoms with Gasteiger partial charge < -0.3 is 4.98 Å². The van der Waals surface area contributed by atoms with Gasteiger partial charge in [0.25, 0.3) is 5.56 Å². The molecule has 0 fully saturated rings. The van der Waals surface area contributed by atoms with Gasteiger partial charge in [-0.1, -0.05) is 18.6 Å². The number of nitrogens with zero attached hydrogens (tertiary/aromatic N) is 1. The van der Waals surface area contributed by atoms with E-state index in [2.05, 4.69) is 18.0 Å². The van der Waals surface area contributed by atoms with Crippen LogP contribution < -0.4 is 5.56 Å². The molecule has 0 saturated carbocycles. The van der Waals surface area contributed by atoms with Gasteiger partial charge in [0.15, 0.2) is 4.77 Å². The molecule has 2 aliphatic carbocycles. The third kappa shape index (κ3) is 2.93. The number of rotatable bonds is 3. The summed E-state index contributed by atoms with van der Waals surface area (Å²) >= 11 is 7.23. The normalized spacial score (nSPS) is 20.9. The number of aromatic nitrogens is 2. The Hall–Kier alpha value is -1.20. The summed E-state index contributed by atoms with van der Waals surface area (Å²) < 4.78 is 2.37. The Balaban J connectivity index is 1.72. The van der Waals surface area contributed by atoms with Crippen LogP contribution in [0.5, 0.6) is 0 Å². The number of allylic oxidation sites excluding steroid dienone is 2. The van der Waals surface area contributed by atoms with Crippen molar-refractivity contribution in [1.29, 1.82) is 0 Å². The van der Waals surface area contributed by atoms with Gasteiger partial charge >= 0.3 is 0 Å². The first-order valence-electron chi connectivity index (χ1n) is 9.08. The minimum absolute atomic E-state index is 0.122. The molecule has 2 aromatic rings. The Kier molecular flexibility index (Phi) is 4.48. The summed E-state index contributed by atoms with van der Waals surface area (Å²) in [6, 6.07) is 0. The van der Waals surface area contributed by atoms with Crippen molar-refractivity contribution >= 4 is 33.8 Å². The zero-order valence-corrected chi connectivity index (χ0v) is 15.8. The van der Waals surface area contributed by atoms with Gasteiger partial charge in [-0.2, -0.15) is 0 Å². The number of aryl methyl sites for hydroxylation is 1. The highest BCUT2D eigenvalue weighted by Crippen LogP contribution is 2.35. The average Bonchev–Trinajstić information content (AvgIpc) is 2.92. The van der Waals surface area contributed by atoms with Gasteiger partial charge in [-0.05, 0) is 75.1 Å². The molecule has 128 valence electrons. The van der Waals surface area contributed by atoms with Crippen molar-refractivity contribution in [1.82, 2.24) is 9.55 Å². The summed E-state index contributed by atoms with van der Waals surface area (Å²) in [6.07, 6.45) is 11.6. The molecule has 0 radical (unpaired) electrons. The molecule has 0 aliphatic heterocycles. The smallest absolute Gasteiger partial charge is 0.263 e. The lowest BCUT2D eigenvalue weighted by Gasteiger charge is -2.17. The van der Waals surface area contributed by atoms with E-state index in [1.807, 2.05) is 0 Å². The molecule has 0 bridgehead atoms. The highest BCUT2D eigenvalue weighted by Gasteiger charge is 2.23. The van der Waals surface area contributed by atoms with E-state index in [1.54, 1.807) is 15.9 Å². The fourth-order valence-electron chi connectivity index (χ4n) is 4.05. The van der Waals surface area contributed by atoms with Crippen LogP contribution in [0.4, 0.5) is 0 Å². The van der Waals surface area contributed by atoms with E-state index >= 15 is 0 Å². The predicted octanol–water partition coefficient (Wildman–Crippen LogP) is 5.14. The summed E-state index contributed by atoms with van der Waals surface area (Å²) in [5, 5.41) is 0.910. The van der Waals surface area contributed by atoms with E-state index < -0.39 is 0 Å². The number of fused-ring (bicyclic) bond motifs is 3. The van der Waals surface area contributed by atoms with Crippen molar-refractivity contribution in [2.45, 2.75) is 64.8 Å². The molecular weight excluding hydrogens is 336 g/mol. The maximum atomic E-state index is 13.1. The summed E-state index contributed by atoms with van der Waals surface area (Å²) in [4.78, 5) is 18.8. The van der Waals surface area contributed by atoms with Crippen LogP contribution >= 0.6 is 23.6 Å². The van der Waals surface area contributed by atoms with Gasteiger partial charge in [-0.25, -0.2) is 0 Å². The second-order valence-electron chi connectivity index (χ2n) is 7.30. The summed E-state index contributed by atoms with van der Waals surface area (Å²) in [5.41, 5.74) is 2.90. The van der Waals surface area contributed by atoms with Crippen molar-refractivity contribution in [3.05, 3.63) is 37.2 Å². The second-order valence-corrected chi connectivity index (χ2v) is 8.79. The average molecular weight is 361 g/mol. The van der Waals surface area contributed by atoms with Gasteiger partial charge in [-0.3, -0.25) is 9.36 Å². The van der Waals surface area contributed by atoms with E-state index in [1.165, 1.54) is 48.1 Å². The largest absolute Gasteiger partial charge is 0.323 e. The molecule has 0 spiro atoms. The number of nitrogens with one attached hydrogen (secondary N) is 1. The molecule has 2 heterocycles. The monoisotopic (exact) mass is 360 g/mol. The predicted molar refractivity (Wildman–Crippen MR) is 104 cm³/mol. The molecule has 1 N–H and O–H groups in total. The number of hydrogen-bond acceptors (Lipinski definition) is 3. The second kappa shape index (κ2) is 6.60. The summed E-state index contributed by atoms with van der Waals surface area (Å²) in [6.45, 7) is 3.00. The molecule has 1 atom stereocenters. The zero-order chi connectivity index (χ0) is 16.7. The molecule has 3 nitrogen and oxygen atoms in total. The summed E-state index contributed by atoms with van der Waals surface area (Å²) in [7, 11) is 0. The van der Waals surface area contributed by atoms with Crippen molar-refractivity contribution in [2.75, 3.05) is 0 Å². The van der Waals surface area contributed by atoms with Crippen molar-refractivity contribution in [2.24, 2.45) is 5.92 Å². The van der Waals surface area contributed by atoms with Crippen LogP contribution in [-0.2, 0) is 19.4 Å². The molecular formula is C19H24N2OS2. The molecule has 24 heavy (non-hydrogen) atoms. The Labute approximate surface area is 151 Å². The van der Waals surface area contributed by atoms with Crippen LogP contribution in [0.25, 0.3) is 10.2 Å². The lowest BCUT2D eigenvalue weighted by atomic mass is 9.89.